The molecular formula is C15H17ClN2. The molecule has 1 aromatic carbocycles. The highest BCUT2D eigenvalue weighted by atomic mass is 35.5. The van der Waals surface area contributed by atoms with E-state index in [1.54, 1.807) is 0 Å². The van der Waals surface area contributed by atoms with Crippen molar-refractivity contribution in [1.82, 2.24) is 9.55 Å². The molecule has 0 N–H and O–H groups in total. The van der Waals surface area contributed by atoms with Gasteiger partial charge in [-0.25, -0.2) is 4.98 Å². The van der Waals surface area contributed by atoms with Crippen molar-refractivity contribution >= 4 is 11.6 Å². The Balaban J connectivity index is 1.98. The van der Waals surface area contributed by atoms with Crippen LogP contribution in [0, 0.1) is 0 Å². The summed E-state index contributed by atoms with van der Waals surface area (Å²) in [6, 6.07) is 11.0. The number of halogens is 1. The zero-order valence-corrected chi connectivity index (χ0v) is 11.3. The predicted molar refractivity (Wildman–Crippen MR) is 74.1 cm³/mol. The molecule has 0 amide bonds. The second kappa shape index (κ2) is 4.77. The van der Waals surface area contributed by atoms with Crippen molar-refractivity contribution in [2.45, 2.75) is 38.6 Å². The Morgan fingerprint density at radius 2 is 2.11 bits per heavy atom. The lowest BCUT2D eigenvalue weighted by Gasteiger charge is -2.24. The third-order valence-electron chi connectivity index (χ3n) is 3.72. The summed E-state index contributed by atoms with van der Waals surface area (Å²) in [5, 5.41) is 0.701. The Bertz CT molecular complexity index is 545. The average Bonchev–Trinajstić information content (AvgIpc) is 2.69. The van der Waals surface area contributed by atoms with Crippen molar-refractivity contribution in [2.75, 3.05) is 0 Å². The first-order chi connectivity index (χ1) is 8.75. The molecular weight excluding hydrogens is 244 g/mol. The van der Waals surface area contributed by atoms with Gasteiger partial charge in [-0.15, -0.1) is 0 Å². The van der Waals surface area contributed by atoms with Crippen LogP contribution in [0.2, 0.25) is 5.15 Å². The molecule has 1 atom stereocenters. The molecule has 2 nitrogen and oxygen atoms in total. The Morgan fingerprint density at radius 3 is 2.89 bits per heavy atom. The van der Waals surface area contributed by atoms with E-state index in [1.165, 1.54) is 24.1 Å². The van der Waals surface area contributed by atoms with Gasteiger partial charge in [0.15, 0.2) is 5.15 Å². The number of benzene rings is 1. The minimum Gasteiger partial charge on any atom is -0.327 e. The molecule has 2 heterocycles. The SMILES string of the molecule is CC1CCCc2c(Cl)nc(Cc3ccccc3)n21. The summed E-state index contributed by atoms with van der Waals surface area (Å²) in [5.41, 5.74) is 2.51. The molecule has 0 bridgehead atoms. The fourth-order valence-corrected chi connectivity index (χ4v) is 3.11. The summed E-state index contributed by atoms with van der Waals surface area (Å²) < 4.78 is 2.35. The van der Waals surface area contributed by atoms with Crippen molar-refractivity contribution in [3.8, 4) is 0 Å². The molecule has 0 saturated carbocycles. The van der Waals surface area contributed by atoms with Gasteiger partial charge in [-0.1, -0.05) is 41.9 Å². The first-order valence-electron chi connectivity index (χ1n) is 6.55. The van der Waals surface area contributed by atoms with Gasteiger partial charge in [0.05, 0.1) is 5.69 Å². The Kier molecular flexibility index (Phi) is 3.13. The molecule has 0 radical (unpaired) electrons. The highest BCUT2D eigenvalue weighted by molar-refractivity contribution is 6.30. The third-order valence-corrected chi connectivity index (χ3v) is 4.02. The Labute approximate surface area is 113 Å². The average molecular weight is 261 g/mol. The summed E-state index contributed by atoms with van der Waals surface area (Å²) in [5.74, 6) is 1.11. The molecule has 94 valence electrons. The van der Waals surface area contributed by atoms with Gasteiger partial charge in [0.2, 0.25) is 0 Å². The van der Waals surface area contributed by atoms with E-state index >= 15 is 0 Å². The van der Waals surface area contributed by atoms with Crippen LogP contribution in [0.1, 0.15) is 42.9 Å². The van der Waals surface area contributed by atoms with Crippen molar-refractivity contribution < 1.29 is 0 Å². The lowest BCUT2D eigenvalue weighted by atomic mass is 10.0. The van der Waals surface area contributed by atoms with Crippen LogP contribution in [0.15, 0.2) is 30.3 Å². The number of fused-ring (bicyclic) bond motifs is 1. The summed E-state index contributed by atoms with van der Waals surface area (Å²) >= 11 is 6.26. The minimum atomic E-state index is 0.521. The molecule has 3 rings (SSSR count). The number of hydrogen-bond acceptors (Lipinski definition) is 1. The molecule has 1 aromatic heterocycles. The van der Waals surface area contributed by atoms with Crippen LogP contribution >= 0.6 is 11.6 Å². The summed E-state index contributed by atoms with van der Waals surface area (Å²) in [4.78, 5) is 4.57. The normalized spacial score (nSPS) is 18.7. The van der Waals surface area contributed by atoms with Crippen LogP contribution in [0.5, 0.6) is 0 Å². The molecule has 0 spiro atoms. The monoisotopic (exact) mass is 260 g/mol. The van der Waals surface area contributed by atoms with Gasteiger partial charge in [-0.2, -0.15) is 0 Å². The number of imidazole rings is 1. The molecule has 0 saturated heterocycles. The number of rotatable bonds is 2. The van der Waals surface area contributed by atoms with E-state index in [-0.39, 0.29) is 0 Å². The third kappa shape index (κ3) is 2.05. The molecule has 2 aromatic rings. The topological polar surface area (TPSA) is 17.8 Å². The van der Waals surface area contributed by atoms with E-state index < -0.39 is 0 Å². The van der Waals surface area contributed by atoms with Crippen molar-refractivity contribution in [1.29, 1.82) is 0 Å². The van der Waals surface area contributed by atoms with Crippen molar-refractivity contribution in [3.63, 3.8) is 0 Å². The smallest absolute Gasteiger partial charge is 0.150 e. The second-order valence-corrected chi connectivity index (χ2v) is 5.40. The van der Waals surface area contributed by atoms with Crippen molar-refractivity contribution in [3.05, 3.63) is 52.6 Å². The maximum atomic E-state index is 6.26. The zero-order valence-electron chi connectivity index (χ0n) is 10.6. The van der Waals surface area contributed by atoms with Gasteiger partial charge >= 0.3 is 0 Å². The largest absolute Gasteiger partial charge is 0.327 e. The quantitative estimate of drug-likeness (QED) is 0.797. The number of nitrogens with zero attached hydrogens (tertiary/aromatic N) is 2. The van der Waals surface area contributed by atoms with Gasteiger partial charge < -0.3 is 4.57 Å². The zero-order chi connectivity index (χ0) is 12.5. The minimum absolute atomic E-state index is 0.521. The molecule has 1 aliphatic heterocycles. The van der Waals surface area contributed by atoms with Crippen LogP contribution in [0.4, 0.5) is 0 Å². The molecule has 18 heavy (non-hydrogen) atoms. The highest BCUT2D eigenvalue weighted by Crippen LogP contribution is 2.31. The second-order valence-electron chi connectivity index (χ2n) is 5.04. The van der Waals surface area contributed by atoms with E-state index in [0.717, 1.165) is 18.7 Å². The van der Waals surface area contributed by atoms with Crippen LogP contribution in [-0.4, -0.2) is 9.55 Å². The van der Waals surface area contributed by atoms with Crippen LogP contribution < -0.4 is 0 Å². The van der Waals surface area contributed by atoms with E-state index in [9.17, 15) is 0 Å². The van der Waals surface area contributed by atoms with Crippen molar-refractivity contribution in [2.24, 2.45) is 0 Å². The maximum Gasteiger partial charge on any atom is 0.150 e. The van der Waals surface area contributed by atoms with E-state index in [0.29, 0.717) is 11.2 Å². The van der Waals surface area contributed by atoms with Gasteiger partial charge in [0.1, 0.15) is 5.82 Å². The molecule has 1 aliphatic rings. The lowest BCUT2D eigenvalue weighted by Crippen LogP contribution is -2.17. The standard InChI is InChI=1S/C15H17ClN2/c1-11-6-5-9-13-15(16)17-14(18(11)13)10-12-7-3-2-4-8-12/h2-4,7-8,11H,5-6,9-10H2,1H3. The predicted octanol–water partition coefficient (Wildman–Crippen LogP) is 4.02. The summed E-state index contributed by atoms with van der Waals surface area (Å²) in [6.45, 7) is 2.26. The lowest BCUT2D eigenvalue weighted by molar-refractivity contribution is 0.421. The van der Waals surface area contributed by atoms with Crippen LogP contribution in [0.3, 0.4) is 0 Å². The Morgan fingerprint density at radius 1 is 1.33 bits per heavy atom. The maximum absolute atomic E-state index is 6.26. The van der Waals surface area contributed by atoms with Crippen LogP contribution in [-0.2, 0) is 12.8 Å². The first-order valence-corrected chi connectivity index (χ1v) is 6.93. The van der Waals surface area contributed by atoms with Gasteiger partial charge in [0.25, 0.3) is 0 Å². The molecule has 0 fully saturated rings. The van der Waals surface area contributed by atoms with Crippen LogP contribution in [0.25, 0.3) is 0 Å². The molecule has 3 heteroatoms. The van der Waals surface area contributed by atoms with E-state index in [1.807, 2.05) is 6.07 Å². The first kappa shape index (κ1) is 11.8. The number of aromatic nitrogens is 2. The number of hydrogen-bond donors (Lipinski definition) is 0. The van der Waals surface area contributed by atoms with Gasteiger partial charge in [0, 0.05) is 12.5 Å². The Hall–Kier alpha value is -1.28. The summed E-state index contributed by atoms with van der Waals surface area (Å²) in [7, 11) is 0. The summed E-state index contributed by atoms with van der Waals surface area (Å²) in [6.07, 6.45) is 4.37. The highest BCUT2D eigenvalue weighted by Gasteiger charge is 2.23. The fraction of sp³-hybridized carbons (Fsp3) is 0.400. The van der Waals surface area contributed by atoms with Gasteiger partial charge in [-0.05, 0) is 31.7 Å². The van der Waals surface area contributed by atoms with Gasteiger partial charge in [-0.3, -0.25) is 0 Å². The van der Waals surface area contributed by atoms with E-state index in [2.05, 4.69) is 40.7 Å². The van der Waals surface area contributed by atoms with E-state index in [4.69, 9.17) is 11.6 Å². The molecule has 0 aliphatic carbocycles. The molecule has 1 unspecified atom stereocenters. The fourth-order valence-electron chi connectivity index (χ4n) is 2.83.